The van der Waals surface area contributed by atoms with Crippen LogP contribution in [0.4, 0.5) is 16.2 Å². The van der Waals surface area contributed by atoms with Gasteiger partial charge in [0.1, 0.15) is 0 Å². The van der Waals surface area contributed by atoms with Gasteiger partial charge >= 0.3 is 6.03 Å². The van der Waals surface area contributed by atoms with E-state index in [2.05, 4.69) is 10.2 Å². The number of benzene rings is 2. The number of hydrogen-bond acceptors (Lipinski definition) is 5. The monoisotopic (exact) mass is 446 g/mol. The summed E-state index contributed by atoms with van der Waals surface area (Å²) in [5, 5.41) is 2.93. The third-order valence-corrected chi connectivity index (χ3v) is 7.16. The molecule has 0 aromatic heterocycles. The summed E-state index contributed by atoms with van der Waals surface area (Å²) in [5.41, 5.74) is 2.59. The predicted octanol–water partition coefficient (Wildman–Crippen LogP) is 2.81. The second-order valence-electron chi connectivity index (χ2n) is 9.18. The molecule has 1 atom stereocenters. The largest absolute Gasteiger partial charge is 0.367 e. The molecule has 3 aliphatic rings. The normalized spacial score (nSPS) is 21.4. The molecule has 170 valence electrons. The van der Waals surface area contributed by atoms with Gasteiger partial charge in [0, 0.05) is 37.6 Å². The van der Waals surface area contributed by atoms with Crippen molar-refractivity contribution in [2.24, 2.45) is 5.41 Å². The highest BCUT2D eigenvalue weighted by Crippen LogP contribution is 2.49. The summed E-state index contributed by atoms with van der Waals surface area (Å²) in [7, 11) is 2.87. The maximum absolute atomic E-state index is 13.5. The fourth-order valence-corrected chi connectivity index (χ4v) is 5.59. The minimum absolute atomic E-state index is 0.192. The van der Waals surface area contributed by atoms with Crippen LogP contribution in [0.2, 0.25) is 0 Å². The molecule has 8 heteroatoms. The number of rotatable bonds is 2. The number of nitrogens with zero attached hydrogens (tertiary/aromatic N) is 3. The van der Waals surface area contributed by atoms with E-state index in [9.17, 15) is 19.2 Å². The molecule has 2 aromatic carbocycles. The van der Waals surface area contributed by atoms with Crippen molar-refractivity contribution < 1.29 is 19.2 Å². The van der Waals surface area contributed by atoms with Crippen molar-refractivity contribution in [3.8, 4) is 0 Å². The quantitative estimate of drug-likeness (QED) is 0.717. The first-order valence-corrected chi connectivity index (χ1v) is 11.1. The number of carbonyl (C=O) groups is 4. The van der Waals surface area contributed by atoms with Crippen molar-refractivity contribution in [3.05, 3.63) is 59.2 Å². The molecule has 2 fully saturated rings. The first-order chi connectivity index (χ1) is 15.7. The zero-order valence-electron chi connectivity index (χ0n) is 18.9. The topological polar surface area (TPSA) is 90.0 Å². The van der Waals surface area contributed by atoms with E-state index >= 15 is 0 Å². The van der Waals surface area contributed by atoms with E-state index in [0.717, 1.165) is 39.6 Å². The van der Waals surface area contributed by atoms with Gasteiger partial charge in [0.05, 0.1) is 6.04 Å². The molecule has 0 bridgehead atoms. The van der Waals surface area contributed by atoms with Gasteiger partial charge in [0.25, 0.3) is 5.91 Å². The van der Waals surface area contributed by atoms with Gasteiger partial charge in [0.2, 0.25) is 11.8 Å². The van der Waals surface area contributed by atoms with E-state index in [0.29, 0.717) is 17.7 Å². The minimum Gasteiger partial charge on any atom is -0.367 e. The lowest BCUT2D eigenvalue weighted by Gasteiger charge is -2.50. The molecule has 33 heavy (non-hydrogen) atoms. The number of urea groups is 1. The Kier molecular flexibility index (Phi) is 4.77. The molecule has 0 unspecified atom stereocenters. The zero-order chi connectivity index (χ0) is 23.5. The van der Waals surface area contributed by atoms with Crippen molar-refractivity contribution in [1.82, 2.24) is 9.80 Å². The molecule has 3 heterocycles. The number of amides is 5. The maximum Gasteiger partial charge on any atom is 0.332 e. The van der Waals surface area contributed by atoms with E-state index in [4.69, 9.17) is 0 Å². The van der Waals surface area contributed by atoms with Gasteiger partial charge in [-0.15, -0.1) is 0 Å². The second kappa shape index (κ2) is 7.43. The highest BCUT2D eigenvalue weighted by atomic mass is 16.2. The van der Waals surface area contributed by atoms with E-state index < -0.39 is 23.3 Å². The van der Waals surface area contributed by atoms with Gasteiger partial charge in [-0.2, -0.15) is 0 Å². The molecule has 8 nitrogen and oxygen atoms in total. The predicted molar refractivity (Wildman–Crippen MR) is 123 cm³/mol. The van der Waals surface area contributed by atoms with Gasteiger partial charge in [-0.25, -0.2) is 4.79 Å². The van der Waals surface area contributed by atoms with Gasteiger partial charge in [-0.1, -0.05) is 17.7 Å². The number of imide groups is 2. The number of barbiturate groups is 1. The Hall–Kier alpha value is -3.68. The SMILES string of the molecule is Cc1cccc(C(=O)Nc2ccc3c(c2)CC2(C(=O)N(C)C(=O)N(C)C2=O)[C@H]2CCCN32)c1. The lowest BCUT2D eigenvalue weighted by atomic mass is 9.68. The average molecular weight is 447 g/mol. The molecule has 2 saturated heterocycles. The highest BCUT2D eigenvalue weighted by Gasteiger charge is 2.63. The summed E-state index contributed by atoms with van der Waals surface area (Å²) in [5.74, 6) is -1.13. The molecule has 2 aromatic rings. The van der Waals surface area contributed by atoms with Crippen LogP contribution in [0.5, 0.6) is 0 Å². The van der Waals surface area contributed by atoms with Gasteiger partial charge in [-0.05, 0) is 62.1 Å². The molecule has 0 aliphatic carbocycles. The molecular formula is C25H26N4O4. The van der Waals surface area contributed by atoms with Crippen molar-refractivity contribution in [2.75, 3.05) is 30.9 Å². The Labute approximate surface area is 192 Å². The fourth-order valence-electron chi connectivity index (χ4n) is 5.59. The Morgan fingerprint density at radius 1 is 1.03 bits per heavy atom. The van der Waals surface area contributed by atoms with Gasteiger partial charge < -0.3 is 10.2 Å². The van der Waals surface area contributed by atoms with Crippen molar-refractivity contribution in [2.45, 2.75) is 32.2 Å². The van der Waals surface area contributed by atoms with Crippen LogP contribution >= 0.6 is 0 Å². The van der Waals surface area contributed by atoms with Gasteiger partial charge in [0.15, 0.2) is 5.41 Å². The summed E-state index contributed by atoms with van der Waals surface area (Å²) in [6.07, 6.45) is 1.76. The lowest BCUT2D eigenvalue weighted by Crippen LogP contribution is -2.70. The smallest absolute Gasteiger partial charge is 0.332 e. The number of carbonyl (C=O) groups excluding carboxylic acids is 4. The number of hydrogen-bond donors (Lipinski definition) is 1. The second-order valence-corrected chi connectivity index (χ2v) is 9.18. The maximum atomic E-state index is 13.5. The van der Waals surface area contributed by atoms with E-state index in [-0.39, 0.29) is 18.4 Å². The van der Waals surface area contributed by atoms with Crippen molar-refractivity contribution >= 4 is 35.1 Å². The minimum atomic E-state index is -1.35. The number of fused-ring (bicyclic) bond motifs is 4. The number of aryl methyl sites for hydroxylation is 1. The zero-order valence-corrected chi connectivity index (χ0v) is 18.9. The summed E-state index contributed by atoms with van der Waals surface area (Å²) < 4.78 is 0. The molecule has 0 radical (unpaired) electrons. The van der Waals surface area contributed by atoms with Crippen LogP contribution in [-0.4, -0.2) is 60.2 Å². The van der Waals surface area contributed by atoms with Crippen LogP contribution < -0.4 is 10.2 Å². The molecule has 3 aliphatic heterocycles. The van der Waals surface area contributed by atoms with Crippen LogP contribution in [-0.2, 0) is 16.0 Å². The van der Waals surface area contributed by atoms with Gasteiger partial charge in [-0.3, -0.25) is 24.2 Å². The molecule has 1 spiro atoms. The van der Waals surface area contributed by atoms with Crippen LogP contribution in [0.15, 0.2) is 42.5 Å². The summed E-state index contributed by atoms with van der Waals surface area (Å²) in [6, 6.07) is 12.1. The van der Waals surface area contributed by atoms with Crippen LogP contribution in [0.1, 0.15) is 34.3 Å². The van der Waals surface area contributed by atoms with Crippen LogP contribution in [0.25, 0.3) is 0 Å². The van der Waals surface area contributed by atoms with Crippen molar-refractivity contribution in [1.29, 1.82) is 0 Å². The third kappa shape index (κ3) is 3.04. The molecule has 5 amide bonds. The number of nitrogens with one attached hydrogen (secondary N) is 1. The van der Waals surface area contributed by atoms with Crippen LogP contribution in [0, 0.1) is 12.3 Å². The number of anilines is 2. The lowest BCUT2D eigenvalue weighted by molar-refractivity contribution is -0.159. The molecule has 0 saturated carbocycles. The summed E-state index contributed by atoms with van der Waals surface area (Å²) in [6.45, 7) is 2.66. The Balaban J connectivity index is 1.53. The summed E-state index contributed by atoms with van der Waals surface area (Å²) in [4.78, 5) is 56.3. The van der Waals surface area contributed by atoms with Crippen molar-refractivity contribution in [3.63, 3.8) is 0 Å². The average Bonchev–Trinajstić information content (AvgIpc) is 3.31. The Bertz CT molecular complexity index is 1180. The summed E-state index contributed by atoms with van der Waals surface area (Å²) >= 11 is 0. The standard InChI is InChI=1S/C25H26N4O4/c1-15-6-4-7-16(12-15)21(30)26-18-9-10-19-17(13-18)14-25(20-8-5-11-29(19)20)22(31)27(2)24(33)28(3)23(25)32/h4,6-7,9-10,12-13,20H,5,8,11,14H2,1-3H3,(H,26,30)/t20-/m1/s1. The fraction of sp³-hybridized carbons (Fsp3) is 0.360. The Morgan fingerprint density at radius 3 is 2.45 bits per heavy atom. The molecule has 5 rings (SSSR count). The first-order valence-electron chi connectivity index (χ1n) is 11.1. The first kappa shape index (κ1) is 21.2. The van der Waals surface area contributed by atoms with E-state index in [1.54, 1.807) is 6.07 Å². The highest BCUT2D eigenvalue weighted by molar-refractivity contribution is 6.20. The van der Waals surface area contributed by atoms with Crippen LogP contribution in [0.3, 0.4) is 0 Å². The van der Waals surface area contributed by atoms with E-state index in [1.807, 2.05) is 43.3 Å². The molecule has 1 N–H and O–H groups in total. The third-order valence-electron chi connectivity index (χ3n) is 7.16. The molecular weight excluding hydrogens is 420 g/mol. The van der Waals surface area contributed by atoms with E-state index in [1.165, 1.54) is 14.1 Å². The Morgan fingerprint density at radius 2 is 1.76 bits per heavy atom.